The van der Waals surface area contributed by atoms with Gasteiger partial charge < -0.3 is 15.4 Å². The maximum atomic E-state index is 13.4. The average Bonchev–Trinajstić information content (AvgIpc) is 2.70. The van der Waals surface area contributed by atoms with E-state index in [1.54, 1.807) is 19.9 Å². The highest BCUT2D eigenvalue weighted by Crippen LogP contribution is 2.33. The molecule has 0 radical (unpaired) electrons. The highest BCUT2D eigenvalue weighted by Gasteiger charge is 2.32. The molecule has 3 aromatic rings. The lowest BCUT2D eigenvalue weighted by Gasteiger charge is -2.16. The van der Waals surface area contributed by atoms with Crippen LogP contribution >= 0.6 is 0 Å². The van der Waals surface area contributed by atoms with Crippen LogP contribution in [0.4, 0.5) is 34.6 Å². The Bertz CT molecular complexity index is 1130. The molecule has 3 rings (SSSR count). The van der Waals surface area contributed by atoms with Gasteiger partial charge in [-0.3, -0.25) is 4.79 Å². The van der Waals surface area contributed by atoms with E-state index < -0.39 is 23.5 Å². The number of aromatic nitrogens is 2. The molecule has 0 atom stereocenters. The topological polar surface area (TPSA) is 76.1 Å². The van der Waals surface area contributed by atoms with E-state index in [0.29, 0.717) is 34.7 Å². The van der Waals surface area contributed by atoms with E-state index in [9.17, 15) is 22.4 Å². The first-order chi connectivity index (χ1) is 14.6. The van der Waals surface area contributed by atoms with Crippen molar-refractivity contribution in [3.05, 3.63) is 70.9 Å². The Hall–Kier alpha value is -3.69. The number of hydrogen-bond acceptors (Lipinski definition) is 5. The van der Waals surface area contributed by atoms with Crippen molar-refractivity contribution in [3.8, 4) is 5.88 Å². The Kier molecular flexibility index (Phi) is 6.09. The van der Waals surface area contributed by atoms with Gasteiger partial charge in [0.1, 0.15) is 5.82 Å². The fraction of sp³-hybridized carbons (Fsp3) is 0.190. The van der Waals surface area contributed by atoms with E-state index in [-0.39, 0.29) is 11.4 Å². The summed E-state index contributed by atoms with van der Waals surface area (Å²) in [6, 6.07) is 7.61. The maximum absolute atomic E-state index is 13.4. The van der Waals surface area contributed by atoms with Gasteiger partial charge in [0.2, 0.25) is 5.88 Å². The number of nitrogens with zero attached hydrogens (tertiary/aromatic N) is 2. The zero-order chi connectivity index (χ0) is 22.8. The number of rotatable bonds is 5. The molecular formula is C21H18F4N4O2. The standard InChI is InChI=1S/C21H18F4N4O2/c1-11-8-14(22)4-5-15(11)28-17-9-13(21(23,24)25)10-26-19(17)20(30)29-16-6-7-18(31-3)27-12(16)2/h4-10,28H,1-3H3,(H,29,30). The van der Waals surface area contributed by atoms with Crippen molar-refractivity contribution >= 4 is 23.0 Å². The number of carbonyl (C=O) groups is 1. The first-order valence-corrected chi connectivity index (χ1v) is 9.02. The third-order valence-electron chi connectivity index (χ3n) is 4.41. The van der Waals surface area contributed by atoms with Crippen LogP contribution < -0.4 is 15.4 Å². The largest absolute Gasteiger partial charge is 0.481 e. The maximum Gasteiger partial charge on any atom is 0.417 e. The van der Waals surface area contributed by atoms with Crippen molar-refractivity contribution < 1.29 is 27.1 Å². The third-order valence-corrected chi connectivity index (χ3v) is 4.41. The van der Waals surface area contributed by atoms with Gasteiger partial charge in [-0.2, -0.15) is 13.2 Å². The number of ether oxygens (including phenoxy) is 1. The molecule has 0 aliphatic carbocycles. The number of alkyl halides is 3. The number of carbonyl (C=O) groups excluding carboxylic acids is 1. The molecule has 10 heteroatoms. The predicted molar refractivity (Wildman–Crippen MR) is 107 cm³/mol. The summed E-state index contributed by atoms with van der Waals surface area (Å²) in [7, 11) is 1.45. The molecule has 6 nitrogen and oxygen atoms in total. The molecule has 0 fully saturated rings. The molecular weight excluding hydrogens is 416 g/mol. The first kappa shape index (κ1) is 22.0. The molecule has 1 amide bonds. The summed E-state index contributed by atoms with van der Waals surface area (Å²) >= 11 is 0. The van der Waals surface area contributed by atoms with Crippen LogP contribution in [-0.2, 0) is 6.18 Å². The number of anilines is 3. The molecule has 0 saturated carbocycles. The fourth-order valence-electron chi connectivity index (χ4n) is 2.77. The molecule has 2 heterocycles. The van der Waals surface area contributed by atoms with Gasteiger partial charge in [0.05, 0.1) is 29.7 Å². The van der Waals surface area contributed by atoms with Crippen LogP contribution in [0.25, 0.3) is 0 Å². The average molecular weight is 434 g/mol. The van der Waals surface area contributed by atoms with E-state index in [1.807, 2.05) is 0 Å². The summed E-state index contributed by atoms with van der Waals surface area (Å²) in [4.78, 5) is 20.7. The number of hydrogen-bond donors (Lipinski definition) is 2. The molecule has 162 valence electrons. The number of benzene rings is 1. The minimum atomic E-state index is -4.66. The van der Waals surface area contributed by atoms with Gasteiger partial charge in [-0.15, -0.1) is 0 Å². The number of amides is 1. The fourth-order valence-corrected chi connectivity index (χ4v) is 2.77. The zero-order valence-electron chi connectivity index (χ0n) is 16.8. The molecule has 1 aromatic carbocycles. The van der Waals surface area contributed by atoms with Crippen LogP contribution in [0.3, 0.4) is 0 Å². The Morgan fingerprint density at radius 2 is 1.74 bits per heavy atom. The van der Waals surface area contributed by atoms with Gasteiger partial charge >= 0.3 is 6.18 Å². The van der Waals surface area contributed by atoms with Crippen LogP contribution in [0.5, 0.6) is 5.88 Å². The van der Waals surface area contributed by atoms with E-state index in [1.165, 1.54) is 25.3 Å². The van der Waals surface area contributed by atoms with Gasteiger partial charge in [0, 0.05) is 18.0 Å². The summed E-state index contributed by atoms with van der Waals surface area (Å²) < 4.78 is 58.0. The second-order valence-electron chi connectivity index (χ2n) is 6.64. The number of nitrogens with one attached hydrogen (secondary N) is 2. The number of halogens is 4. The molecule has 0 spiro atoms. The van der Waals surface area contributed by atoms with Gasteiger partial charge in [0.15, 0.2) is 5.69 Å². The lowest BCUT2D eigenvalue weighted by molar-refractivity contribution is -0.137. The molecule has 2 aromatic heterocycles. The van der Waals surface area contributed by atoms with Gasteiger partial charge in [0.25, 0.3) is 5.91 Å². The molecule has 0 bridgehead atoms. The number of methoxy groups -OCH3 is 1. The van der Waals surface area contributed by atoms with Gasteiger partial charge in [-0.05, 0) is 49.7 Å². The predicted octanol–water partition coefficient (Wildman–Crippen LogP) is 5.26. The van der Waals surface area contributed by atoms with E-state index in [0.717, 1.165) is 12.1 Å². The first-order valence-electron chi connectivity index (χ1n) is 9.02. The van der Waals surface area contributed by atoms with Crippen molar-refractivity contribution in [1.29, 1.82) is 0 Å². The van der Waals surface area contributed by atoms with E-state index in [2.05, 4.69) is 20.6 Å². The lowest BCUT2D eigenvalue weighted by Crippen LogP contribution is -2.18. The number of aryl methyl sites for hydroxylation is 2. The minimum absolute atomic E-state index is 0.179. The molecule has 31 heavy (non-hydrogen) atoms. The van der Waals surface area contributed by atoms with Crippen LogP contribution in [-0.4, -0.2) is 23.0 Å². The number of pyridine rings is 2. The summed E-state index contributed by atoms with van der Waals surface area (Å²) in [6.45, 7) is 3.22. The third kappa shape index (κ3) is 5.08. The van der Waals surface area contributed by atoms with Crippen molar-refractivity contribution in [3.63, 3.8) is 0 Å². The Morgan fingerprint density at radius 1 is 1.03 bits per heavy atom. The van der Waals surface area contributed by atoms with Crippen LogP contribution in [0.15, 0.2) is 42.6 Å². The lowest BCUT2D eigenvalue weighted by atomic mass is 10.1. The van der Waals surface area contributed by atoms with E-state index in [4.69, 9.17) is 4.74 Å². The minimum Gasteiger partial charge on any atom is -0.481 e. The highest BCUT2D eigenvalue weighted by molar-refractivity contribution is 6.07. The van der Waals surface area contributed by atoms with E-state index >= 15 is 0 Å². The van der Waals surface area contributed by atoms with Crippen molar-refractivity contribution in [2.24, 2.45) is 0 Å². The monoisotopic (exact) mass is 434 g/mol. The SMILES string of the molecule is COc1ccc(NC(=O)c2ncc(C(F)(F)F)cc2Nc2ccc(F)cc2C)c(C)n1. The smallest absolute Gasteiger partial charge is 0.417 e. The quantitative estimate of drug-likeness (QED) is 0.536. The second-order valence-corrected chi connectivity index (χ2v) is 6.64. The Balaban J connectivity index is 1.99. The molecule has 0 aliphatic heterocycles. The Labute approximate surface area is 175 Å². The summed E-state index contributed by atoms with van der Waals surface area (Å²) in [5, 5.41) is 5.34. The van der Waals surface area contributed by atoms with Crippen LogP contribution in [0, 0.1) is 19.7 Å². The van der Waals surface area contributed by atoms with Crippen molar-refractivity contribution in [2.75, 3.05) is 17.7 Å². The van der Waals surface area contributed by atoms with Crippen LogP contribution in [0.2, 0.25) is 0 Å². The summed E-state index contributed by atoms with van der Waals surface area (Å²) in [6.07, 6.45) is -4.08. The highest BCUT2D eigenvalue weighted by atomic mass is 19.4. The molecule has 0 unspecified atom stereocenters. The summed E-state index contributed by atoms with van der Waals surface area (Å²) in [5.41, 5.74) is 0.0828. The van der Waals surface area contributed by atoms with Crippen molar-refractivity contribution in [2.45, 2.75) is 20.0 Å². The van der Waals surface area contributed by atoms with Gasteiger partial charge in [-0.25, -0.2) is 14.4 Å². The Morgan fingerprint density at radius 3 is 2.35 bits per heavy atom. The molecule has 0 saturated heterocycles. The second kappa shape index (κ2) is 8.58. The normalized spacial score (nSPS) is 11.2. The summed E-state index contributed by atoms with van der Waals surface area (Å²) in [5.74, 6) is -0.894. The molecule has 2 N–H and O–H groups in total. The van der Waals surface area contributed by atoms with Crippen molar-refractivity contribution in [1.82, 2.24) is 9.97 Å². The van der Waals surface area contributed by atoms with Gasteiger partial charge in [-0.1, -0.05) is 0 Å². The zero-order valence-corrected chi connectivity index (χ0v) is 16.8. The van der Waals surface area contributed by atoms with Crippen LogP contribution in [0.1, 0.15) is 27.3 Å². The molecule has 0 aliphatic rings.